The highest BCUT2D eigenvalue weighted by Gasteiger charge is 2.16. The molecule has 1 N–H and O–H groups in total. The van der Waals surface area contributed by atoms with E-state index < -0.39 is 15.8 Å². The second-order valence-electron chi connectivity index (χ2n) is 4.06. The predicted molar refractivity (Wildman–Crippen MR) is 85.6 cm³/mol. The van der Waals surface area contributed by atoms with E-state index in [4.69, 9.17) is 4.74 Å². The Bertz CT molecular complexity index is 781. The van der Waals surface area contributed by atoms with E-state index in [1.165, 1.54) is 25.3 Å². The zero-order chi connectivity index (χ0) is 15.6. The number of anilines is 1. The van der Waals surface area contributed by atoms with E-state index in [1.54, 1.807) is 12.1 Å². The van der Waals surface area contributed by atoms with Crippen molar-refractivity contribution >= 4 is 47.6 Å². The number of rotatable bonds is 4. The van der Waals surface area contributed by atoms with Crippen LogP contribution in [0.5, 0.6) is 5.75 Å². The molecule has 0 spiro atoms. The summed E-state index contributed by atoms with van der Waals surface area (Å²) in [6.07, 6.45) is 0. The highest BCUT2D eigenvalue weighted by molar-refractivity contribution is 9.10. The molecule has 0 aliphatic rings. The maximum absolute atomic E-state index is 13.5. The number of hydrogen-bond acceptors (Lipinski definition) is 3. The molecule has 0 aliphatic heterocycles. The topological polar surface area (TPSA) is 55.4 Å². The second-order valence-corrected chi connectivity index (χ2v) is 7.51. The molecule has 0 aromatic heterocycles. The lowest BCUT2D eigenvalue weighted by atomic mass is 10.3. The van der Waals surface area contributed by atoms with Crippen molar-refractivity contribution < 1.29 is 17.5 Å². The standard InChI is InChI=1S/C13H10Br2FNO3S/c1-20-10-5-8(14)4-9(6-10)17-21(18,19)11-2-3-12(15)13(16)7-11/h2-7,17H,1H3. The zero-order valence-corrected chi connectivity index (χ0v) is 14.7. The van der Waals surface area contributed by atoms with Crippen LogP contribution >= 0.6 is 31.9 Å². The minimum atomic E-state index is -3.88. The molecule has 0 radical (unpaired) electrons. The maximum atomic E-state index is 13.5. The van der Waals surface area contributed by atoms with Gasteiger partial charge in [-0.1, -0.05) is 15.9 Å². The molecule has 8 heteroatoms. The first-order valence-electron chi connectivity index (χ1n) is 5.64. The van der Waals surface area contributed by atoms with E-state index in [9.17, 15) is 12.8 Å². The van der Waals surface area contributed by atoms with Gasteiger partial charge >= 0.3 is 0 Å². The Morgan fingerprint density at radius 1 is 1.14 bits per heavy atom. The summed E-state index contributed by atoms with van der Waals surface area (Å²) >= 11 is 6.24. The Labute approximate surface area is 138 Å². The number of sulfonamides is 1. The van der Waals surface area contributed by atoms with Crippen molar-refractivity contribution in [3.8, 4) is 5.75 Å². The third kappa shape index (κ3) is 3.96. The van der Waals surface area contributed by atoms with Gasteiger partial charge in [0.15, 0.2) is 0 Å². The van der Waals surface area contributed by atoms with Crippen LogP contribution in [0.2, 0.25) is 0 Å². The van der Waals surface area contributed by atoms with Gasteiger partial charge in [0.25, 0.3) is 10.0 Å². The molecule has 21 heavy (non-hydrogen) atoms. The first kappa shape index (κ1) is 16.3. The molecule has 0 saturated carbocycles. The molecule has 4 nitrogen and oxygen atoms in total. The zero-order valence-electron chi connectivity index (χ0n) is 10.7. The summed E-state index contributed by atoms with van der Waals surface area (Å²) in [5.74, 6) is -0.159. The highest BCUT2D eigenvalue weighted by atomic mass is 79.9. The van der Waals surface area contributed by atoms with Crippen molar-refractivity contribution in [1.82, 2.24) is 0 Å². The normalized spacial score (nSPS) is 11.2. The molecule has 0 saturated heterocycles. The monoisotopic (exact) mass is 437 g/mol. The molecular formula is C13H10Br2FNO3S. The largest absolute Gasteiger partial charge is 0.497 e. The lowest BCUT2D eigenvalue weighted by Crippen LogP contribution is -2.13. The highest BCUT2D eigenvalue weighted by Crippen LogP contribution is 2.27. The summed E-state index contributed by atoms with van der Waals surface area (Å²) in [6.45, 7) is 0. The van der Waals surface area contributed by atoms with Crippen LogP contribution in [0.25, 0.3) is 0 Å². The molecule has 2 rings (SSSR count). The maximum Gasteiger partial charge on any atom is 0.261 e. The molecule has 0 unspecified atom stereocenters. The summed E-state index contributed by atoms with van der Waals surface area (Å²) in [4.78, 5) is -0.165. The smallest absolute Gasteiger partial charge is 0.261 e. The third-order valence-corrected chi connectivity index (χ3v) is 5.04. The number of methoxy groups -OCH3 is 1. The van der Waals surface area contributed by atoms with Gasteiger partial charge in [-0.25, -0.2) is 12.8 Å². The van der Waals surface area contributed by atoms with Crippen LogP contribution < -0.4 is 9.46 Å². The Kier molecular flexibility index (Phi) is 4.90. The van der Waals surface area contributed by atoms with Crippen LogP contribution in [0.15, 0.2) is 50.2 Å². The molecule has 0 bridgehead atoms. The first-order chi connectivity index (χ1) is 9.81. The Morgan fingerprint density at radius 3 is 2.48 bits per heavy atom. The van der Waals surface area contributed by atoms with Crippen molar-refractivity contribution in [2.45, 2.75) is 4.90 Å². The molecule has 0 atom stereocenters. The Morgan fingerprint density at radius 2 is 1.86 bits per heavy atom. The van der Waals surface area contributed by atoms with E-state index in [0.29, 0.717) is 15.9 Å². The fourth-order valence-electron chi connectivity index (χ4n) is 1.60. The molecule has 0 amide bonds. The summed E-state index contributed by atoms with van der Waals surface area (Å²) in [5, 5.41) is 0. The van der Waals surface area contributed by atoms with Gasteiger partial charge in [-0.2, -0.15) is 0 Å². The SMILES string of the molecule is COc1cc(Br)cc(NS(=O)(=O)c2ccc(Br)c(F)c2)c1. The molecule has 2 aromatic carbocycles. The van der Waals surface area contributed by atoms with Gasteiger partial charge in [-0.05, 0) is 46.3 Å². The van der Waals surface area contributed by atoms with Gasteiger partial charge in [-0.15, -0.1) is 0 Å². The Hall–Kier alpha value is -1.12. The molecule has 112 valence electrons. The minimum absolute atomic E-state index is 0.165. The average molecular weight is 439 g/mol. The minimum Gasteiger partial charge on any atom is -0.497 e. The van der Waals surface area contributed by atoms with Crippen LogP contribution in [0.4, 0.5) is 10.1 Å². The van der Waals surface area contributed by atoms with Crippen molar-refractivity contribution in [3.63, 3.8) is 0 Å². The van der Waals surface area contributed by atoms with Crippen LogP contribution in [0, 0.1) is 5.82 Å². The average Bonchev–Trinajstić information content (AvgIpc) is 2.40. The molecule has 0 aliphatic carbocycles. The summed E-state index contributed by atoms with van der Waals surface area (Å²) in [6, 6.07) is 8.39. The molecular weight excluding hydrogens is 429 g/mol. The fourth-order valence-corrected chi connectivity index (χ4v) is 3.37. The van der Waals surface area contributed by atoms with Crippen molar-refractivity contribution in [3.05, 3.63) is 51.2 Å². The van der Waals surface area contributed by atoms with E-state index >= 15 is 0 Å². The van der Waals surface area contributed by atoms with Crippen LogP contribution in [0.3, 0.4) is 0 Å². The summed E-state index contributed by atoms with van der Waals surface area (Å²) in [7, 11) is -2.41. The number of halogens is 3. The number of hydrogen-bond donors (Lipinski definition) is 1. The second kappa shape index (κ2) is 6.33. The van der Waals surface area contributed by atoms with E-state index in [-0.39, 0.29) is 9.37 Å². The van der Waals surface area contributed by atoms with Gasteiger partial charge in [0.1, 0.15) is 11.6 Å². The third-order valence-electron chi connectivity index (χ3n) is 2.56. The quantitative estimate of drug-likeness (QED) is 0.779. The number of ether oxygens (including phenoxy) is 1. The number of benzene rings is 2. The lowest BCUT2D eigenvalue weighted by Gasteiger charge is -2.10. The van der Waals surface area contributed by atoms with Crippen LogP contribution in [-0.2, 0) is 10.0 Å². The van der Waals surface area contributed by atoms with Crippen molar-refractivity contribution in [2.75, 3.05) is 11.8 Å². The van der Waals surface area contributed by atoms with E-state index in [0.717, 1.165) is 6.07 Å². The molecule has 0 heterocycles. The van der Waals surface area contributed by atoms with Gasteiger partial charge in [0, 0.05) is 10.5 Å². The molecule has 0 fully saturated rings. The van der Waals surface area contributed by atoms with Crippen LogP contribution in [0.1, 0.15) is 0 Å². The van der Waals surface area contributed by atoms with Crippen LogP contribution in [-0.4, -0.2) is 15.5 Å². The predicted octanol–water partition coefficient (Wildman–Crippen LogP) is 4.16. The molecule has 2 aromatic rings. The Balaban J connectivity index is 2.37. The summed E-state index contributed by atoms with van der Waals surface area (Å²) in [5.41, 5.74) is 0.310. The van der Waals surface area contributed by atoms with Gasteiger partial charge in [0.05, 0.1) is 22.2 Å². The summed E-state index contributed by atoms with van der Waals surface area (Å²) < 4.78 is 46.2. The van der Waals surface area contributed by atoms with E-state index in [1.807, 2.05) is 0 Å². The van der Waals surface area contributed by atoms with Gasteiger partial charge in [0.2, 0.25) is 0 Å². The van der Waals surface area contributed by atoms with E-state index in [2.05, 4.69) is 36.6 Å². The fraction of sp³-hybridized carbons (Fsp3) is 0.0769. The van der Waals surface area contributed by atoms with Gasteiger partial charge < -0.3 is 4.74 Å². The van der Waals surface area contributed by atoms with Crippen molar-refractivity contribution in [1.29, 1.82) is 0 Å². The van der Waals surface area contributed by atoms with Crippen molar-refractivity contribution in [2.24, 2.45) is 0 Å². The first-order valence-corrected chi connectivity index (χ1v) is 8.71. The number of nitrogens with one attached hydrogen (secondary N) is 1. The van der Waals surface area contributed by atoms with Gasteiger partial charge in [-0.3, -0.25) is 4.72 Å². The lowest BCUT2D eigenvalue weighted by molar-refractivity contribution is 0.415.